The van der Waals surface area contributed by atoms with Crippen LogP contribution >= 0.6 is 0 Å². The maximum Gasteiger partial charge on any atom is 0.402 e. The number of carbonyl (C=O) groups excluding carboxylic acids is 1. The van der Waals surface area contributed by atoms with Crippen molar-refractivity contribution in [3.8, 4) is 0 Å². The molecule has 4 saturated carbocycles. The molecule has 148 valence electrons. The first kappa shape index (κ1) is 18.5. The monoisotopic (exact) mass is 396 g/mol. The van der Waals surface area contributed by atoms with Crippen molar-refractivity contribution in [2.24, 2.45) is 23.2 Å². The van der Waals surface area contributed by atoms with Gasteiger partial charge in [0.2, 0.25) is 0 Å². The standard InChI is InChI=1S/C16H22F2O7S/c17-16(18,26(20,21)22)8-25-14(19)15-3-9-1-10(4-15)13(11(2-9)5-15)24-7-12-6-23-12/h9-13H,1-8H2,(H,20,21,22). The van der Waals surface area contributed by atoms with Crippen LogP contribution in [0.3, 0.4) is 0 Å². The Balaban J connectivity index is 1.42. The molecule has 1 heterocycles. The minimum absolute atomic E-state index is 0.0518. The lowest BCUT2D eigenvalue weighted by atomic mass is 9.48. The lowest BCUT2D eigenvalue weighted by Gasteiger charge is -2.58. The second-order valence-corrected chi connectivity index (χ2v) is 9.74. The van der Waals surface area contributed by atoms with Gasteiger partial charge in [-0.05, 0) is 49.9 Å². The third-order valence-electron chi connectivity index (χ3n) is 6.25. The quantitative estimate of drug-likeness (QED) is 0.396. The van der Waals surface area contributed by atoms with Crippen LogP contribution in [0.15, 0.2) is 0 Å². The van der Waals surface area contributed by atoms with Crippen LogP contribution in [0, 0.1) is 23.2 Å². The fourth-order valence-electron chi connectivity index (χ4n) is 5.26. The zero-order valence-corrected chi connectivity index (χ0v) is 14.9. The highest BCUT2D eigenvalue weighted by molar-refractivity contribution is 7.86. The summed E-state index contributed by atoms with van der Waals surface area (Å²) >= 11 is 0. The summed E-state index contributed by atoms with van der Waals surface area (Å²) in [6.07, 6.45) is 3.70. The second kappa shape index (κ2) is 6.08. The van der Waals surface area contributed by atoms with E-state index < -0.39 is 33.4 Å². The van der Waals surface area contributed by atoms with E-state index in [1.807, 2.05) is 0 Å². The number of alkyl halides is 2. The molecule has 26 heavy (non-hydrogen) atoms. The molecule has 3 atom stereocenters. The van der Waals surface area contributed by atoms with Crippen LogP contribution in [0.4, 0.5) is 8.78 Å². The van der Waals surface area contributed by atoms with Gasteiger partial charge in [-0.2, -0.15) is 17.2 Å². The molecule has 0 radical (unpaired) electrons. The average Bonchev–Trinajstić information content (AvgIpc) is 3.34. The second-order valence-electron chi connectivity index (χ2n) is 8.19. The van der Waals surface area contributed by atoms with E-state index in [9.17, 15) is 22.0 Å². The van der Waals surface area contributed by atoms with Crippen molar-refractivity contribution in [2.45, 2.75) is 49.6 Å². The van der Waals surface area contributed by atoms with Gasteiger partial charge < -0.3 is 14.2 Å². The number of epoxide rings is 1. The topological polar surface area (TPSA) is 102 Å². The van der Waals surface area contributed by atoms with Gasteiger partial charge in [0.05, 0.1) is 24.7 Å². The van der Waals surface area contributed by atoms with E-state index in [2.05, 4.69) is 4.74 Å². The van der Waals surface area contributed by atoms with Crippen molar-refractivity contribution >= 4 is 16.1 Å². The minimum Gasteiger partial charge on any atom is -0.458 e. The molecule has 0 aromatic carbocycles. The van der Waals surface area contributed by atoms with Crippen molar-refractivity contribution in [1.29, 1.82) is 0 Å². The van der Waals surface area contributed by atoms with Crippen LogP contribution in [0.1, 0.15) is 32.1 Å². The summed E-state index contributed by atoms with van der Waals surface area (Å²) in [4.78, 5) is 12.6. The van der Waals surface area contributed by atoms with Gasteiger partial charge in [0, 0.05) is 0 Å². The van der Waals surface area contributed by atoms with Crippen molar-refractivity contribution < 1.29 is 40.8 Å². The highest BCUT2D eigenvalue weighted by atomic mass is 32.2. The summed E-state index contributed by atoms with van der Waals surface area (Å²) in [6, 6.07) is 0. The Labute approximate surface area is 150 Å². The molecule has 0 amide bonds. The fourth-order valence-corrected chi connectivity index (χ4v) is 5.47. The Morgan fingerprint density at radius 2 is 1.85 bits per heavy atom. The molecule has 10 heteroatoms. The van der Waals surface area contributed by atoms with Crippen molar-refractivity contribution in [1.82, 2.24) is 0 Å². The lowest BCUT2D eigenvalue weighted by Crippen LogP contribution is -2.57. The predicted molar refractivity (Wildman–Crippen MR) is 82.9 cm³/mol. The molecule has 1 aliphatic heterocycles. The van der Waals surface area contributed by atoms with Gasteiger partial charge in [-0.25, -0.2) is 0 Å². The highest BCUT2D eigenvalue weighted by Gasteiger charge is 2.60. The summed E-state index contributed by atoms with van der Waals surface area (Å²) in [7, 11) is -5.61. The Morgan fingerprint density at radius 3 is 2.38 bits per heavy atom. The first-order chi connectivity index (χ1) is 12.1. The van der Waals surface area contributed by atoms with E-state index in [-0.39, 0.29) is 24.0 Å². The number of rotatable bonds is 7. The molecule has 5 fully saturated rings. The van der Waals surface area contributed by atoms with Crippen molar-refractivity contribution in [3.05, 3.63) is 0 Å². The van der Waals surface area contributed by atoms with E-state index in [0.717, 1.165) is 12.8 Å². The van der Waals surface area contributed by atoms with E-state index in [1.165, 1.54) is 0 Å². The largest absolute Gasteiger partial charge is 0.458 e. The average molecular weight is 396 g/mol. The summed E-state index contributed by atoms with van der Waals surface area (Å²) in [5.74, 6) is -0.104. The SMILES string of the molecule is O=C(OCC(F)(F)S(=O)(=O)O)C12CC3CC(C1)C(OCC1CO1)C(C3)C2. The first-order valence-electron chi connectivity index (χ1n) is 8.85. The molecule has 4 aliphatic carbocycles. The zero-order chi connectivity index (χ0) is 18.7. The molecular weight excluding hydrogens is 374 g/mol. The Kier molecular flexibility index (Phi) is 4.33. The van der Waals surface area contributed by atoms with Crippen LogP contribution in [0.2, 0.25) is 0 Å². The van der Waals surface area contributed by atoms with Crippen molar-refractivity contribution in [2.75, 3.05) is 19.8 Å². The summed E-state index contributed by atoms with van der Waals surface area (Å²) in [6.45, 7) is -0.408. The minimum atomic E-state index is -5.61. The molecule has 1 saturated heterocycles. The number of ether oxygens (including phenoxy) is 3. The van der Waals surface area contributed by atoms with Gasteiger partial charge in [0.1, 0.15) is 6.10 Å². The Morgan fingerprint density at radius 1 is 1.23 bits per heavy atom. The molecule has 3 unspecified atom stereocenters. The Bertz CT molecular complexity index is 675. The third kappa shape index (κ3) is 3.25. The van der Waals surface area contributed by atoms with Gasteiger partial charge in [0.15, 0.2) is 6.61 Å². The van der Waals surface area contributed by atoms with Gasteiger partial charge in [-0.15, -0.1) is 0 Å². The number of hydrogen-bond donors (Lipinski definition) is 1. The third-order valence-corrected chi connectivity index (χ3v) is 7.12. The number of halogens is 2. The molecule has 1 N–H and O–H groups in total. The molecule has 4 bridgehead atoms. The van der Waals surface area contributed by atoms with E-state index in [0.29, 0.717) is 38.4 Å². The first-order valence-corrected chi connectivity index (χ1v) is 10.3. The molecular formula is C16H22F2O7S. The Hall–Kier alpha value is -0.840. The van der Waals surface area contributed by atoms with E-state index >= 15 is 0 Å². The number of esters is 1. The smallest absolute Gasteiger partial charge is 0.402 e. The molecule has 5 aliphatic rings. The molecule has 0 aromatic heterocycles. The van der Waals surface area contributed by atoms with Gasteiger partial charge >= 0.3 is 21.3 Å². The van der Waals surface area contributed by atoms with Crippen LogP contribution < -0.4 is 0 Å². The summed E-state index contributed by atoms with van der Waals surface area (Å²) in [5, 5.41) is -4.50. The van der Waals surface area contributed by atoms with Crippen LogP contribution in [0.25, 0.3) is 0 Å². The maximum absolute atomic E-state index is 13.4. The van der Waals surface area contributed by atoms with Crippen molar-refractivity contribution in [3.63, 3.8) is 0 Å². The zero-order valence-electron chi connectivity index (χ0n) is 14.1. The van der Waals surface area contributed by atoms with Gasteiger partial charge in [-0.1, -0.05) is 0 Å². The predicted octanol–water partition coefficient (Wildman–Crippen LogP) is 1.62. The molecule has 0 spiro atoms. The van der Waals surface area contributed by atoms with Gasteiger partial charge in [0.25, 0.3) is 0 Å². The van der Waals surface area contributed by atoms with Crippen LogP contribution in [-0.2, 0) is 29.1 Å². The van der Waals surface area contributed by atoms with E-state index in [1.54, 1.807) is 0 Å². The van der Waals surface area contributed by atoms with Crippen LogP contribution in [-0.4, -0.2) is 56.2 Å². The van der Waals surface area contributed by atoms with Gasteiger partial charge in [-0.3, -0.25) is 9.35 Å². The number of carbonyl (C=O) groups is 1. The highest BCUT2D eigenvalue weighted by Crippen LogP contribution is 2.61. The molecule has 5 rings (SSSR count). The lowest BCUT2D eigenvalue weighted by molar-refractivity contribution is -0.195. The number of hydrogen-bond acceptors (Lipinski definition) is 6. The van der Waals surface area contributed by atoms with E-state index in [4.69, 9.17) is 14.0 Å². The van der Waals surface area contributed by atoms with Crippen LogP contribution in [0.5, 0.6) is 0 Å². The summed E-state index contributed by atoms with van der Waals surface area (Å²) < 4.78 is 72.5. The molecule has 0 aromatic rings. The summed E-state index contributed by atoms with van der Waals surface area (Å²) in [5.41, 5.74) is -0.845. The normalized spacial score (nSPS) is 41.3. The maximum atomic E-state index is 13.4. The fraction of sp³-hybridized carbons (Fsp3) is 0.938. The molecule has 7 nitrogen and oxygen atoms in total.